The summed E-state index contributed by atoms with van der Waals surface area (Å²) in [6.45, 7) is 4.60. The maximum absolute atomic E-state index is 7.11. The van der Waals surface area contributed by atoms with E-state index in [0.29, 0.717) is 0 Å². The summed E-state index contributed by atoms with van der Waals surface area (Å²) in [5, 5.41) is 0. The molecule has 1 aliphatic rings. The zero-order valence-corrected chi connectivity index (χ0v) is 32.2. The highest BCUT2D eigenvalue weighted by Crippen LogP contribution is 2.54. The lowest BCUT2D eigenvalue weighted by molar-refractivity contribution is 0.421. The van der Waals surface area contributed by atoms with Crippen LogP contribution in [0, 0.1) is 0 Å². The second-order valence-electron chi connectivity index (χ2n) is 15.4. The van der Waals surface area contributed by atoms with Gasteiger partial charge >= 0.3 is 0 Å². The lowest BCUT2D eigenvalue weighted by atomic mass is 9.74. The van der Waals surface area contributed by atoms with Crippen LogP contribution in [0.1, 0.15) is 25.0 Å². The maximum atomic E-state index is 7.11. The van der Waals surface area contributed by atoms with Crippen LogP contribution >= 0.6 is 0 Å². The van der Waals surface area contributed by atoms with Crippen LogP contribution in [0.3, 0.4) is 0 Å². The van der Waals surface area contributed by atoms with Crippen LogP contribution in [0.25, 0.3) is 78.5 Å². The third kappa shape index (κ3) is 5.39. The number of imidazole rings is 2. The quantitative estimate of drug-likeness (QED) is 0.170. The first kappa shape index (κ1) is 33.8. The van der Waals surface area contributed by atoms with Crippen molar-refractivity contribution in [2.24, 2.45) is 0 Å². The van der Waals surface area contributed by atoms with E-state index in [1.54, 1.807) is 0 Å². The average molecular weight is 747 g/mol. The molecule has 0 saturated heterocycles. The molecule has 58 heavy (non-hydrogen) atoms. The molecule has 10 aromatic rings. The van der Waals surface area contributed by atoms with Crippen molar-refractivity contribution < 1.29 is 4.74 Å². The van der Waals surface area contributed by atoms with Crippen LogP contribution in [0.5, 0.6) is 11.5 Å². The van der Waals surface area contributed by atoms with Gasteiger partial charge in [0.2, 0.25) is 0 Å². The molecule has 1 aliphatic heterocycles. The number of hydrogen-bond donors (Lipinski definition) is 0. The van der Waals surface area contributed by atoms with Gasteiger partial charge in [-0.2, -0.15) is 0 Å². The van der Waals surface area contributed by atoms with Crippen LogP contribution in [0.2, 0.25) is 0 Å². The molecule has 5 nitrogen and oxygen atoms in total. The molecule has 2 aromatic heterocycles. The first-order valence-electron chi connectivity index (χ1n) is 19.8. The molecule has 0 amide bonds. The van der Waals surface area contributed by atoms with Crippen molar-refractivity contribution in [2.45, 2.75) is 19.3 Å². The zero-order valence-electron chi connectivity index (χ0n) is 32.2. The average Bonchev–Trinajstić information content (AvgIpc) is 3.87. The van der Waals surface area contributed by atoms with E-state index >= 15 is 0 Å². The lowest BCUT2D eigenvalue weighted by Gasteiger charge is -2.36. The van der Waals surface area contributed by atoms with Gasteiger partial charge in [0.05, 0.1) is 22.1 Å². The van der Waals surface area contributed by atoms with Gasteiger partial charge in [-0.25, -0.2) is 9.97 Å². The molecule has 276 valence electrons. The Morgan fingerprint density at radius 1 is 0.379 bits per heavy atom. The molecule has 3 heterocycles. The van der Waals surface area contributed by atoms with E-state index in [1.165, 1.54) is 11.1 Å². The minimum absolute atomic E-state index is 0.296. The maximum Gasteiger partial charge on any atom is 0.145 e. The van der Waals surface area contributed by atoms with Crippen molar-refractivity contribution in [1.82, 2.24) is 19.1 Å². The largest absolute Gasteiger partial charge is 0.455 e. The fraction of sp³-hybridized carbons (Fsp3) is 0.0566. The van der Waals surface area contributed by atoms with E-state index in [0.717, 1.165) is 90.0 Å². The molecular weight excluding hydrogens is 709 g/mol. The molecule has 8 aromatic carbocycles. The van der Waals surface area contributed by atoms with Crippen molar-refractivity contribution >= 4 is 22.1 Å². The number of aromatic nitrogens is 4. The van der Waals surface area contributed by atoms with Crippen molar-refractivity contribution in [2.75, 3.05) is 0 Å². The molecule has 0 saturated carbocycles. The minimum Gasteiger partial charge on any atom is -0.455 e. The fourth-order valence-electron chi connectivity index (χ4n) is 8.69. The summed E-state index contributed by atoms with van der Waals surface area (Å²) in [5.74, 6) is 3.61. The van der Waals surface area contributed by atoms with Gasteiger partial charge in [-0.05, 0) is 59.7 Å². The van der Waals surface area contributed by atoms with Crippen LogP contribution in [0.15, 0.2) is 194 Å². The highest BCUT2D eigenvalue weighted by atomic mass is 16.5. The Balaban J connectivity index is 0.967. The number of fused-ring (bicyclic) bond motifs is 4. The lowest BCUT2D eigenvalue weighted by Crippen LogP contribution is -2.25. The van der Waals surface area contributed by atoms with E-state index in [-0.39, 0.29) is 5.41 Å². The Morgan fingerprint density at radius 2 is 0.759 bits per heavy atom. The van der Waals surface area contributed by atoms with Crippen LogP contribution < -0.4 is 4.74 Å². The smallest absolute Gasteiger partial charge is 0.145 e. The predicted octanol–water partition coefficient (Wildman–Crippen LogP) is 13.5. The van der Waals surface area contributed by atoms with E-state index in [1.807, 2.05) is 24.3 Å². The Kier molecular flexibility index (Phi) is 7.76. The summed E-state index contributed by atoms with van der Waals surface area (Å²) >= 11 is 0. The van der Waals surface area contributed by atoms with Crippen molar-refractivity contribution in [3.05, 3.63) is 205 Å². The number of ether oxygens (including phenoxy) is 1. The van der Waals surface area contributed by atoms with Gasteiger partial charge in [0, 0.05) is 50.2 Å². The second-order valence-corrected chi connectivity index (χ2v) is 15.4. The van der Waals surface area contributed by atoms with Gasteiger partial charge in [-0.1, -0.05) is 159 Å². The Morgan fingerprint density at radius 3 is 1.19 bits per heavy atom. The van der Waals surface area contributed by atoms with Crippen molar-refractivity contribution in [3.63, 3.8) is 0 Å². The van der Waals surface area contributed by atoms with Gasteiger partial charge in [-0.15, -0.1) is 0 Å². The van der Waals surface area contributed by atoms with Crippen LogP contribution in [-0.2, 0) is 5.41 Å². The molecule has 11 rings (SSSR count). The second kappa shape index (κ2) is 13.3. The van der Waals surface area contributed by atoms with E-state index in [4.69, 9.17) is 14.7 Å². The summed E-state index contributed by atoms with van der Waals surface area (Å²) in [7, 11) is 0. The molecule has 0 bridgehead atoms. The zero-order chi connectivity index (χ0) is 38.8. The Labute approximate surface area is 337 Å². The summed E-state index contributed by atoms with van der Waals surface area (Å²) in [4.78, 5) is 10.2. The summed E-state index contributed by atoms with van der Waals surface area (Å²) < 4.78 is 11.6. The molecule has 0 N–H and O–H groups in total. The Bertz CT molecular complexity index is 2930. The van der Waals surface area contributed by atoms with Gasteiger partial charge in [0.15, 0.2) is 0 Å². The van der Waals surface area contributed by atoms with Crippen LogP contribution in [-0.4, -0.2) is 19.1 Å². The van der Waals surface area contributed by atoms with Crippen molar-refractivity contribution in [3.8, 4) is 67.9 Å². The molecule has 0 fully saturated rings. The monoisotopic (exact) mass is 746 g/mol. The standard InChI is InChI=1S/C53H38N4O/c1-53(2)43-21-13-19-41(35-27-31-37(32-28-35)51-54-45-23-9-11-25-47(45)56(51)39-15-5-3-6-16-39)49(43)58-50-42(20-14-22-44(50)53)36-29-33-38(34-30-36)52-55-46-24-10-12-26-48(46)57(52)40-17-7-4-8-18-40/h3-34H,1-2H3. The fourth-order valence-corrected chi connectivity index (χ4v) is 8.69. The Hall–Kier alpha value is -7.50. The molecule has 0 radical (unpaired) electrons. The topological polar surface area (TPSA) is 44.9 Å². The molecule has 0 aliphatic carbocycles. The van der Waals surface area contributed by atoms with Gasteiger partial charge < -0.3 is 4.74 Å². The summed E-state index contributed by atoms with van der Waals surface area (Å²) in [5.41, 5.74) is 14.7. The number of rotatable bonds is 6. The first-order chi connectivity index (χ1) is 28.5. The first-order valence-corrected chi connectivity index (χ1v) is 19.8. The third-order valence-electron chi connectivity index (χ3n) is 11.6. The normalized spacial score (nSPS) is 12.9. The van der Waals surface area contributed by atoms with E-state index < -0.39 is 0 Å². The summed E-state index contributed by atoms with van der Waals surface area (Å²) in [6.07, 6.45) is 0. The molecule has 0 spiro atoms. The highest BCUT2D eigenvalue weighted by Gasteiger charge is 2.37. The highest BCUT2D eigenvalue weighted by molar-refractivity contribution is 5.86. The van der Waals surface area contributed by atoms with E-state index in [2.05, 4.69) is 193 Å². The number of nitrogens with zero attached hydrogens (tertiary/aromatic N) is 4. The number of benzene rings is 8. The van der Waals surface area contributed by atoms with Crippen LogP contribution in [0.4, 0.5) is 0 Å². The predicted molar refractivity (Wildman–Crippen MR) is 236 cm³/mol. The molecule has 0 unspecified atom stereocenters. The minimum atomic E-state index is -0.296. The van der Waals surface area contributed by atoms with Crippen molar-refractivity contribution in [1.29, 1.82) is 0 Å². The molecule has 0 atom stereocenters. The van der Waals surface area contributed by atoms with Gasteiger partial charge in [0.25, 0.3) is 0 Å². The van der Waals surface area contributed by atoms with E-state index in [9.17, 15) is 0 Å². The number of hydrogen-bond acceptors (Lipinski definition) is 3. The molecule has 5 heteroatoms. The summed E-state index contributed by atoms with van der Waals surface area (Å²) in [6, 6.07) is 68.1. The van der Waals surface area contributed by atoms with Gasteiger partial charge in [-0.3, -0.25) is 9.13 Å². The molecular formula is C53H38N4O. The SMILES string of the molecule is CC1(C)c2cccc(-c3ccc(-c4nc5ccccc5n4-c4ccccc4)cc3)c2Oc2c(-c3ccc(-c4nc5ccccc5n4-c4ccccc4)cc3)cccc21. The number of para-hydroxylation sites is 8. The van der Waals surface area contributed by atoms with Gasteiger partial charge in [0.1, 0.15) is 23.1 Å². The third-order valence-corrected chi connectivity index (χ3v) is 11.6.